The van der Waals surface area contributed by atoms with Gasteiger partial charge in [-0.15, -0.1) is 0 Å². The Bertz CT molecular complexity index is 391. The minimum Gasteiger partial charge on any atom is -0.385 e. The molecule has 0 spiro atoms. The van der Waals surface area contributed by atoms with Gasteiger partial charge < -0.3 is 10.8 Å². The molecule has 2 fully saturated rings. The Labute approximate surface area is 90.1 Å². The minimum absolute atomic E-state index is 0.110. The molecule has 2 nitrogen and oxygen atoms in total. The summed E-state index contributed by atoms with van der Waals surface area (Å²) in [6.07, 6.45) is 5.18. The Hall–Kier alpha value is -0.860. The third-order valence-electron chi connectivity index (χ3n) is 3.94. The predicted octanol–water partition coefficient (Wildman–Crippen LogP) is 2.01. The van der Waals surface area contributed by atoms with Gasteiger partial charge in [-0.2, -0.15) is 0 Å². The van der Waals surface area contributed by atoms with Crippen molar-refractivity contribution in [1.82, 2.24) is 0 Å². The standard InChI is InChI=1S/C13H17NO/c14-12(5-2-6-12)10-3-1-4-11(9-10)13(15)7-8-13/h1,3-4,9,15H,2,5-8,14H2. The highest BCUT2D eigenvalue weighted by Gasteiger charge is 2.43. The molecule has 0 heterocycles. The fourth-order valence-corrected chi connectivity index (χ4v) is 2.37. The van der Waals surface area contributed by atoms with Crippen molar-refractivity contribution in [1.29, 1.82) is 0 Å². The van der Waals surface area contributed by atoms with E-state index in [1.54, 1.807) is 0 Å². The van der Waals surface area contributed by atoms with Gasteiger partial charge >= 0.3 is 0 Å². The molecular weight excluding hydrogens is 186 g/mol. The lowest BCUT2D eigenvalue weighted by Crippen LogP contribution is -2.43. The molecule has 80 valence electrons. The largest absolute Gasteiger partial charge is 0.385 e. The molecular formula is C13H17NO. The Kier molecular flexibility index (Phi) is 1.77. The van der Waals surface area contributed by atoms with Crippen LogP contribution < -0.4 is 5.73 Å². The second-order valence-electron chi connectivity index (χ2n) is 5.12. The molecule has 0 unspecified atom stereocenters. The third-order valence-corrected chi connectivity index (χ3v) is 3.94. The average molecular weight is 203 g/mol. The van der Waals surface area contributed by atoms with E-state index in [9.17, 15) is 5.11 Å². The van der Waals surface area contributed by atoms with E-state index in [1.165, 1.54) is 12.0 Å². The van der Waals surface area contributed by atoms with Gasteiger partial charge in [0.15, 0.2) is 0 Å². The fraction of sp³-hybridized carbons (Fsp3) is 0.538. The molecule has 2 aliphatic rings. The maximum absolute atomic E-state index is 10.0. The van der Waals surface area contributed by atoms with Crippen LogP contribution in [0.15, 0.2) is 24.3 Å². The van der Waals surface area contributed by atoms with Gasteiger partial charge in [-0.05, 0) is 43.2 Å². The van der Waals surface area contributed by atoms with E-state index in [2.05, 4.69) is 12.1 Å². The molecule has 15 heavy (non-hydrogen) atoms. The molecule has 0 aromatic heterocycles. The molecule has 2 heteroatoms. The van der Waals surface area contributed by atoms with E-state index < -0.39 is 5.60 Å². The van der Waals surface area contributed by atoms with E-state index in [-0.39, 0.29) is 5.54 Å². The van der Waals surface area contributed by atoms with E-state index in [4.69, 9.17) is 5.73 Å². The van der Waals surface area contributed by atoms with Crippen LogP contribution in [0.3, 0.4) is 0 Å². The van der Waals surface area contributed by atoms with Gasteiger partial charge in [0.2, 0.25) is 0 Å². The molecule has 1 aromatic carbocycles. The lowest BCUT2D eigenvalue weighted by atomic mass is 9.72. The lowest BCUT2D eigenvalue weighted by molar-refractivity contribution is 0.151. The quantitative estimate of drug-likeness (QED) is 0.772. The van der Waals surface area contributed by atoms with Crippen molar-refractivity contribution in [3.8, 4) is 0 Å². The van der Waals surface area contributed by atoms with Gasteiger partial charge in [0.25, 0.3) is 0 Å². The van der Waals surface area contributed by atoms with E-state index >= 15 is 0 Å². The Morgan fingerprint density at radius 3 is 2.27 bits per heavy atom. The van der Waals surface area contributed by atoms with Gasteiger partial charge in [-0.1, -0.05) is 24.3 Å². The van der Waals surface area contributed by atoms with Crippen molar-refractivity contribution in [3.63, 3.8) is 0 Å². The molecule has 1 aromatic rings. The number of hydrogen-bond donors (Lipinski definition) is 2. The average Bonchev–Trinajstić information content (AvgIpc) is 2.95. The van der Waals surface area contributed by atoms with Crippen molar-refractivity contribution >= 4 is 0 Å². The minimum atomic E-state index is -0.532. The second kappa shape index (κ2) is 2.83. The molecule has 2 saturated carbocycles. The van der Waals surface area contributed by atoms with Crippen LogP contribution in [0, 0.1) is 0 Å². The van der Waals surface area contributed by atoms with Crippen molar-refractivity contribution in [3.05, 3.63) is 35.4 Å². The van der Waals surface area contributed by atoms with Gasteiger partial charge in [-0.3, -0.25) is 0 Å². The van der Waals surface area contributed by atoms with Crippen LogP contribution in [0.5, 0.6) is 0 Å². The first-order chi connectivity index (χ1) is 7.12. The van der Waals surface area contributed by atoms with Crippen molar-refractivity contribution in [2.24, 2.45) is 5.73 Å². The maximum atomic E-state index is 10.0. The first-order valence-electron chi connectivity index (χ1n) is 5.75. The monoisotopic (exact) mass is 203 g/mol. The predicted molar refractivity (Wildman–Crippen MR) is 59.3 cm³/mol. The van der Waals surface area contributed by atoms with Crippen LogP contribution in [-0.4, -0.2) is 5.11 Å². The topological polar surface area (TPSA) is 46.2 Å². The van der Waals surface area contributed by atoms with Crippen molar-refractivity contribution in [2.75, 3.05) is 0 Å². The van der Waals surface area contributed by atoms with Gasteiger partial charge in [0.05, 0.1) is 5.60 Å². The van der Waals surface area contributed by atoms with Gasteiger partial charge in [-0.25, -0.2) is 0 Å². The number of aliphatic hydroxyl groups is 1. The summed E-state index contributed by atoms with van der Waals surface area (Å²) in [6, 6.07) is 8.23. The molecule has 3 N–H and O–H groups in total. The summed E-state index contributed by atoms with van der Waals surface area (Å²) in [4.78, 5) is 0. The van der Waals surface area contributed by atoms with Gasteiger partial charge in [0, 0.05) is 5.54 Å². The smallest absolute Gasteiger partial charge is 0.0899 e. The zero-order valence-corrected chi connectivity index (χ0v) is 8.87. The number of rotatable bonds is 2. The van der Waals surface area contributed by atoms with Crippen LogP contribution >= 0.6 is 0 Å². The molecule has 0 saturated heterocycles. The number of hydrogen-bond acceptors (Lipinski definition) is 2. The first kappa shape index (κ1) is 9.37. The normalized spacial score (nSPS) is 25.7. The summed E-state index contributed by atoms with van der Waals surface area (Å²) < 4.78 is 0. The summed E-state index contributed by atoms with van der Waals surface area (Å²) >= 11 is 0. The van der Waals surface area contributed by atoms with Crippen LogP contribution in [0.25, 0.3) is 0 Å². The molecule has 0 aliphatic heterocycles. The van der Waals surface area contributed by atoms with Crippen LogP contribution in [0.2, 0.25) is 0 Å². The molecule has 0 amide bonds. The summed E-state index contributed by atoms with van der Waals surface area (Å²) in [5.74, 6) is 0. The Morgan fingerprint density at radius 2 is 1.73 bits per heavy atom. The Morgan fingerprint density at radius 1 is 1.07 bits per heavy atom. The Balaban J connectivity index is 1.96. The van der Waals surface area contributed by atoms with Crippen molar-refractivity contribution < 1.29 is 5.11 Å². The van der Waals surface area contributed by atoms with Crippen LogP contribution in [0.4, 0.5) is 0 Å². The van der Waals surface area contributed by atoms with Crippen molar-refractivity contribution in [2.45, 2.75) is 43.2 Å². The maximum Gasteiger partial charge on any atom is 0.0899 e. The van der Waals surface area contributed by atoms with Gasteiger partial charge in [0.1, 0.15) is 0 Å². The highest BCUT2D eigenvalue weighted by Crippen LogP contribution is 2.47. The lowest BCUT2D eigenvalue weighted by Gasteiger charge is -2.39. The fourth-order valence-electron chi connectivity index (χ4n) is 2.37. The zero-order valence-electron chi connectivity index (χ0n) is 8.87. The highest BCUT2D eigenvalue weighted by molar-refractivity contribution is 5.36. The number of benzene rings is 1. The molecule has 3 rings (SSSR count). The molecule has 0 bridgehead atoms. The van der Waals surface area contributed by atoms with E-state index in [0.29, 0.717) is 0 Å². The second-order valence-corrected chi connectivity index (χ2v) is 5.12. The summed E-state index contributed by atoms with van der Waals surface area (Å²) in [5, 5.41) is 10.0. The molecule has 2 aliphatic carbocycles. The molecule has 0 radical (unpaired) electrons. The van der Waals surface area contributed by atoms with Crippen LogP contribution in [-0.2, 0) is 11.1 Å². The zero-order chi connectivity index (χ0) is 10.5. The SMILES string of the molecule is NC1(c2cccc(C3(O)CC3)c2)CCC1. The summed E-state index contributed by atoms with van der Waals surface area (Å²) in [6.45, 7) is 0. The summed E-state index contributed by atoms with van der Waals surface area (Å²) in [5.41, 5.74) is 7.89. The summed E-state index contributed by atoms with van der Waals surface area (Å²) in [7, 11) is 0. The number of nitrogens with two attached hydrogens (primary N) is 1. The first-order valence-corrected chi connectivity index (χ1v) is 5.75. The molecule has 0 atom stereocenters. The van der Waals surface area contributed by atoms with Crippen LogP contribution in [0.1, 0.15) is 43.2 Å². The van der Waals surface area contributed by atoms with E-state index in [1.807, 2.05) is 12.1 Å². The van der Waals surface area contributed by atoms with E-state index in [0.717, 1.165) is 31.2 Å². The highest BCUT2D eigenvalue weighted by atomic mass is 16.3. The third kappa shape index (κ3) is 1.40.